The molecule has 1 aliphatic heterocycles. The number of fused-ring (bicyclic) bond motifs is 2. The molecule has 0 aromatic heterocycles. The van der Waals surface area contributed by atoms with Crippen LogP contribution in [0.2, 0.25) is 0 Å². The van der Waals surface area contributed by atoms with Gasteiger partial charge in [0.15, 0.2) is 5.60 Å². The minimum atomic E-state index is -1.11. The zero-order chi connectivity index (χ0) is 15.3. The second kappa shape index (κ2) is 4.41. The lowest BCUT2D eigenvalue weighted by Crippen LogP contribution is -2.25. The Hall–Kier alpha value is -2.68. The lowest BCUT2D eigenvalue weighted by atomic mass is 9.84. The molecule has 22 heavy (non-hydrogen) atoms. The third kappa shape index (κ3) is 1.62. The SMILES string of the molecule is C[C@]1(c2cccc3ccccc23)OC(=O)c2cccc(F)c21. The Morgan fingerprint density at radius 1 is 0.955 bits per heavy atom. The van der Waals surface area contributed by atoms with E-state index in [2.05, 4.69) is 0 Å². The van der Waals surface area contributed by atoms with Gasteiger partial charge in [0.25, 0.3) is 0 Å². The van der Waals surface area contributed by atoms with Gasteiger partial charge in [-0.1, -0.05) is 48.5 Å². The highest BCUT2D eigenvalue weighted by atomic mass is 19.1. The number of cyclic esters (lactones) is 1. The van der Waals surface area contributed by atoms with Gasteiger partial charge in [-0.05, 0) is 29.8 Å². The van der Waals surface area contributed by atoms with Crippen LogP contribution in [-0.2, 0) is 10.3 Å². The van der Waals surface area contributed by atoms with E-state index < -0.39 is 17.4 Å². The molecule has 0 radical (unpaired) electrons. The van der Waals surface area contributed by atoms with Gasteiger partial charge >= 0.3 is 5.97 Å². The Bertz CT molecular complexity index is 911. The van der Waals surface area contributed by atoms with E-state index in [-0.39, 0.29) is 0 Å². The van der Waals surface area contributed by atoms with Gasteiger partial charge in [-0.2, -0.15) is 0 Å². The van der Waals surface area contributed by atoms with Crippen molar-refractivity contribution in [2.75, 3.05) is 0 Å². The normalized spacial score (nSPS) is 20.0. The quantitative estimate of drug-likeness (QED) is 0.621. The zero-order valence-electron chi connectivity index (χ0n) is 12.0. The van der Waals surface area contributed by atoms with Crippen molar-refractivity contribution < 1.29 is 13.9 Å². The summed E-state index contributed by atoms with van der Waals surface area (Å²) in [4.78, 5) is 12.2. The average Bonchev–Trinajstić information content (AvgIpc) is 2.80. The minimum absolute atomic E-state index is 0.301. The van der Waals surface area contributed by atoms with E-state index in [1.807, 2.05) is 42.5 Å². The number of halogens is 1. The molecule has 0 spiro atoms. The number of esters is 1. The van der Waals surface area contributed by atoms with E-state index in [0.29, 0.717) is 11.1 Å². The van der Waals surface area contributed by atoms with E-state index in [1.54, 1.807) is 13.0 Å². The van der Waals surface area contributed by atoms with Crippen LogP contribution in [0.1, 0.15) is 28.4 Å². The van der Waals surface area contributed by atoms with Gasteiger partial charge in [0.2, 0.25) is 0 Å². The van der Waals surface area contributed by atoms with Gasteiger partial charge in [-0.3, -0.25) is 0 Å². The summed E-state index contributed by atoms with van der Waals surface area (Å²) in [7, 11) is 0. The van der Waals surface area contributed by atoms with Crippen molar-refractivity contribution in [1.82, 2.24) is 0 Å². The van der Waals surface area contributed by atoms with E-state index in [9.17, 15) is 9.18 Å². The van der Waals surface area contributed by atoms with E-state index in [4.69, 9.17) is 4.74 Å². The molecule has 0 fully saturated rings. The number of benzene rings is 3. The summed E-state index contributed by atoms with van der Waals surface area (Å²) < 4.78 is 20.0. The van der Waals surface area contributed by atoms with Gasteiger partial charge in [0.1, 0.15) is 5.82 Å². The number of ether oxygens (including phenoxy) is 1. The van der Waals surface area contributed by atoms with Crippen molar-refractivity contribution in [3.8, 4) is 0 Å². The molecular weight excluding hydrogens is 279 g/mol. The Balaban J connectivity index is 2.06. The van der Waals surface area contributed by atoms with Crippen LogP contribution < -0.4 is 0 Å². The molecule has 3 heteroatoms. The Labute approximate surface area is 127 Å². The molecule has 0 saturated carbocycles. The summed E-state index contributed by atoms with van der Waals surface area (Å²) in [5.74, 6) is -0.899. The van der Waals surface area contributed by atoms with Crippen LogP contribution >= 0.6 is 0 Å². The van der Waals surface area contributed by atoms with E-state index in [0.717, 1.165) is 16.3 Å². The highest BCUT2D eigenvalue weighted by molar-refractivity contribution is 5.97. The first-order valence-electron chi connectivity index (χ1n) is 7.12. The molecule has 0 amide bonds. The summed E-state index contributed by atoms with van der Waals surface area (Å²) in [6.45, 7) is 1.75. The summed E-state index contributed by atoms with van der Waals surface area (Å²) in [6.07, 6.45) is 0. The summed E-state index contributed by atoms with van der Waals surface area (Å²) in [5.41, 5.74) is 0.299. The highest BCUT2D eigenvalue weighted by Gasteiger charge is 2.45. The van der Waals surface area contributed by atoms with Crippen molar-refractivity contribution in [3.05, 3.63) is 83.2 Å². The van der Waals surface area contributed by atoms with Gasteiger partial charge in [0.05, 0.1) is 11.1 Å². The first-order chi connectivity index (χ1) is 10.6. The standard InChI is InChI=1S/C19H13FO2/c1-19(15-10-4-7-12-6-2-3-8-13(12)15)17-14(18(21)22-19)9-5-11-16(17)20/h2-11H,1H3/t19-/m1/s1. The lowest BCUT2D eigenvalue weighted by Gasteiger charge is -2.26. The number of hydrogen-bond donors (Lipinski definition) is 0. The highest BCUT2D eigenvalue weighted by Crippen LogP contribution is 2.44. The predicted molar refractivity (Wildman–Crippen MR) is 82.2 cm³/mol. The summed E-state index contributed by atoms with van der Waals surface area (Å²) in [5, 5.41) is 1.98. The fourth-order valence-electron chi connectivity index (χ4n) is 3.30. The van der Waals surface area contributed by atoms with Crippen molar-refractivity contribution in [1.29, 1.82) is 0 Å². The fraction of sp³-hybridized carbons (Fsp3) is 0.105. The van der Waals surface area contributed by atoms with Crippen LogP contribution in [-0.4, -0.2) is 5.97 Å². The summed E-state index contributed by atoms with van der Waals surface area (Å²) in [6, 6.07) is 18.1. The number of hydrogen-bond acceptors (Lipinski definition) is 2. The van der Waals surface area contributed by atoms with Crippen molar-refractivity contribution in [2.45, 2.75) is 12.5 Å². The second-order valence-electron chi connectivity index (χ2n) is 5.61. The van der Waals surface area contributed by atoms with Crippen LogP contribution in [0.3, 0.4) is 0 Å². The maximum Gasteiger partial charge on any atom is 0.339 e. The smallest absolute Gasteiger partial charge is 0.339 e. The molecule has 3 aromatic carbocycles. The first kappa shape index (κ1) is 13.0. The Morgan fingerprint density at radius 2 is 1.68 bits per heavy atom. The molecule has 0 N–H and O–H groups in total. The van der Waals surface area contributed by atoms with Gasteiger partial charge in [-0.15, -0.1) is 0 Å². The minimum Gasteiger partial charge on any atom is -0.446 e. The largest absolute Gasteiger partial charge is 0.446 e. The molecule has 0 unspecified atom stereocenters. The maximum absolute atomic E-state index is 14.4. The van der Waals surface area contributed by atoms with Crippen LogP contribution in [0.5, 0.6) is 0 Å². The van der Waals surface area contributed by atoms with Crippen molar-refractivity contribution >= 4 is 16.7 Å². The maximum atomic E-state index is 14.4. The van der Waals surface area contributed by atoms with Crippen LogP contribution in [0.15, 0.2) is 60.7 Å². The van der Waals surface area contributed by atoms with Crippen LogP contribution in [0.4, 0.5) is 4.39 Å². The number of carbonyl (C=O) groups is 1. The molecule has 1 heterocycles. The van der Waals surface area contributed by atoms with Crippen LogP contribution in [0.25, 0.3) is 10.8 Å². The van der Waals surface area contributed by atoms with Crippen molar-refractivity contribution in [3.63, 3.8) is 0 Å². The molecule has 0 bridgehead atoms. The van der Waals surface area contributed by atoms with E-state index >= 15 is 0 Å². The lowest BCUT2D eigenvalue weighted by molar-refractivity contribution is 0.0178. The first-order valence-corrected chi connectivity index (χ1v) is 7.12. The third-order valence-electron chi connectivity index (χ3n) is 4.31. The average molecular weight is 292 g/mol. The van der Waals surface area contributed by atoms with Gasteiger partial charge in [0, 0.05) is 5.56 Å². The molecule has 0 aliphatic carbocycles. The van der Waals surface area contributed by atoms with Crippen LogP contribution in [0, 0.1) is 5.82 Å². The van der Waals surface area contributed by atoms with Gasteiger partial charge in [-0.25, -0.2) is 9.18 Å². The molecule has 0 saturated heterocycles. The van der Waals surface area contributed by atoms with Crippen molar-refractivity contribution in [2.24, 2.45) is 0 Å². The fourth-order valence-corrected chi connectivity index (χ4v) is 3.30. The predicted octanol–water partition coefficient (Wildman–Crippen LogP) is 4.41. The van der Waals surface area contributed by atoms with Gasteiger partial charge < -0.3 is 4.74 Å². The summed E-state index contributed by atoms with van der Waals surface area (Å²) >= 11 is 0. The molecule has 1 aliphatic rings. The Kier molecular flexibility index (Phi) is 2.61. The number of rotatable bonds is 1. The molecule has 108 valence electrons. The number of carbonyl (C=O) groups excluding carboxylic acids is 1. The third-order valence-corrected chi connectivity index (χ3v) is 4.31. The molecule has 4 rings (SSSR count). The zero-order valence-corrected chi connectivity index (χ0v) is 12.0. The molecular formula is C19H13FO2. The van der Waals surface area contributed by atoms with E-state index in [1.165, 1.54) is 12.1 Å². The second-order valence-corrected chi connectivity index (χ2v) is 5.61. The monoisotopic (exact) mass is 292 g/mol. The Morgan fingerprint density at radius 3 is 2.55 bits per heavy atom. The molecule has 3 aromatic rings. The topological polar surface area (TPSA) is 26.3 Å². The molecule has 2 nitrogen and oxygen atoms in total. The molecule has 1 atom stereocenters.